The number of aromatic hydroxyl groups is 1. The molecule has 0 aromatic heterocycles. The van der Waals surface area contributed by atoms with Crippen LogP contribution in [-0.2, 0) is 0 Å². The summed E-state index contributed by atoms with van der Waals surface area (Å²) in [4.78, 5) is 0. The van der Waals surface area contributed by atoms with Crippen molar-refractivity contribution < 1.29 is 23.8 Å². The summed E-state index contributed by atoms with van der Waals surface area (Å²) in [5.74, 6) is -0.766. The van der Waals surface area contributed by atoms with E-state index in [4.69, 9.17) is 10.3 Å². The molecule has 4 nitrogen and oxygen atoms in total. The average Bonchev–Trinajstić information content (AvgIpc) is 2.10. The lowest BCUT2D eigenvalue weighted by molar-refractivity contribution is -0.0512. The van der Waals surface area contributed by atoms with Gasteiger partial charge in [-0.05, 0) is 23.8 Å². The molecule has 0 radical (unpaired) electrons. The molecule has 0 heterocycles. The molecule has 2 N–H and O–H groups in total. The van der Waals surface area contributed by atoms with E-state index in [0.717, 1.165) is 18.3 Å². The number of ether oxygens (including phenoxy) is 1. The fourth-order valence-electron chi connectivity index (χ4n) is 0.877. The van der Waals surface area contributed by atoms with E-state index in [0.29, 0.717) is 5.56 Å². The largest absolute Gasteiger partial charge is 0.504 e. The Kier molecular flexibility index (Phi) is 3.22. The van der Waals surface area contributed by atoms with Crippen LogP contribution < -0.4 is 4.74 Å². The number of phenolic OH excluding ortho intramolecular Hbond substituents is 1. The average molecular weight is 203 g/mol. The van der Waals surface area contributed by atoms with E-state index in [2.05, 4.69) is 9.89 Å². The van der Waals surface area contributed by atoms with Crippen LogP contribution in [0, 0.1) is 0 Å². The lowest BCUT2D eigenvalue weighted by atomic mass is 10.2. The van der Waals surface area contributed by atoms with Gasteiger partial charge in [0.1, 0.15) is 0 Å². The van der Waals surface area contributed by atoms with Crippen molar-refractivity contribution in [2.24, 2.45) is 5.16 Å². The number of rotatable bonds is 3. The van der Waals surface area contributed by atoms with Gasteiger partial charge in [-0.1, -0.05) is 5.16 Å². The first-order valence-electron chi connectivity index (χ1n) is 3.58. The maximum absolute atomic E-state index is 11.7. The summed E-state index contributed by atoms with van der Waals surface area (Å²) < 4.78 is 27.5. The Morgan fingerprint density at radius 2 is 2.14 bits per heavy atom. The van der Waals surface area contributed by atoms with Crippen molar-refractivity contribution in [1.82, 2.24) is 0 Å². The molecule has 0 aliphatic carbocycles. The number of alkyl halides is 2. The zero-order valence-electron chi connectivity index (χ0n) is 6.89. The van der Waals surface area contributed by atoms with Crippen LogP contribution in [0.15, 0.2) is 23.4 Å². The Morgan fingerprint density at radius 1 is 1.43 bits per heavy atom. The van der Waals surface area contributed by atoms with Gasteiger partial charge >= 0.3 is 6.61 Å². The third-order valence-corrected chi connectivity index (χ3v) is 1.41. The third kappa shape index (κ3) is 2.58. The maximum atomic E-state index is 11.7. The Morgan fingerprint density at radius 3 is 2.64 bits per heavy atom. The van der Waals surface area contributed by atoms with Gasteiger partial charge in [-0.15, -0.1) is 0 Å². The molecule has 0 fully saturated rings. The molecule has 1 aromatic carbocycles. The van der Waals surface area contributed by atoms with Crippen molar-refractivity contribution in [1.29, 1.82) is 0 Å². The summed E-state index contributed by atoms with van der Waals surface area (Å²) in [5.41, 5.74) is 0.367. The minimum Gasteiger partial charge on any atom is -0.504 e. The van der Waals surface area contributed by atoms with Crippen LogP contribution in [-0.4, -0.2) is 23.1 Å². The van der Waals surface area contributed by atoms with E-state index in [1.807, 2.05) is 0 Å². The second-order valence-electron chi connectivity index (χ2n) is 2.35. The quantitative estimate of drug-likeness (QED) is 0.447. The highest BCUT2D eigenvalue weighted by Crippen LogP contribution is 2.27. The van der Waals surface area contributed by atoms with Crippen molar-refractivity contribution in [3.63, 3.8) is 0 Å². The third-order valence-electron chi connectivity index (χ3n) is 1.41. The molecule has 0 saturated heterocycles. The number of hydrogen-bond donors (Lipinski definition) is 2. The lowest BCUT2D eigenvalue weighted by Crippen LogP contribution is -2.02. The van der Waals surface area contributed by atoms with Crippen molar-refractivity contribution in [2.45, 2.75) is 6.61 Å². The van der Waals surface area contributed by atoms with E-state index in [-0.39, 0.29) is 5.75 Å². The van der Waals surface area contributed by atoms with Crippen LogP contribution >= 0.6 is 0 Å². The van der Waals surface area contributed by atoms with Gasteiger partial charge in [0, 0.05) is 0 Å². The number of benzene rings is 1. The highest BCUT2D eigenvalue weighted by atomic mass is 19.3. The minimum absolute atomic E-state index is 0.324. The van der Waals surface area contributed by atoms with Crippen LogP contribution in [0.1, 0.15) is 5.56 Å². The van der Waals surface area contributed by atoms with Gasteiger partial charge in [0.25, 0.3) is 0 Å². The molecule has 1 rings (SSSR count). The Bertz CT molecular complexity index is 341. The Labute approximate surface area is 78.0 Å². The van der Waals surface area contributed by atoms with Crippen molar-refractivity contribution in [2.75, 3.05) is 0 Å². The molecule has 0 atom stereocenters. The molecular weight excluding hydrogens is 196 g/mol. The number of phenols is 1. The van der Waals surface area contributed by atoms with Crippen molar-refractivity contribution >= 4 is 6.21 Å². The van der Waals surface area contributed by atoms with Gasteiger partial charge < -0.3 is 15.1 Å². The number of oxime groups is 1. The Balaban J connectivity index is 2.89. The highest BCUT2D eigenvalue weighted by molar-refractivity contribution is 5.80. The molecule has 0 saturated carbocycles. The lowest BCUT2D eigenvalue weighted by Gasteiger charge is -2.06. The van der Waals surface area contributed by atoms with Gasteiger partial charge in [0.15, 0.2) is 11.5 Å². The SMILES string of the molecule is O/N=C/c1ccc(OC(F)F)c(O)c1. The van der Waals surface area contributed by atoms with Crippen LogP contribution in [0.5, 0.6) is 11.5 Å². The van der Waals surface area contributed by atoms with Gasteiger partial charge in [0.2, 0.25) is 0 Å². The zero-order chi connectivity index (χ0) is 10.6. The van der Waals surface area contributed by atoms with Crippen LogP contribution in [0.2, 0.25) is 0 Å². The minimum atomic E-state index is -2.99. The molecular formula is C8H7F2NO3. The standard InChI is InChI=1S/C8H7F2NO3/c9-8(10)14-7-2-1-5(4-11-13)3-6(7)12/h1-4,8,12-13H/b11-4+. The second kappa shape index (κ2) is 4.40. The molecule has 6 heteroatoms. The van der Waals surface area contributed by atoms with E-state index in [1.165, 1.54) is 6.07 Å². The first-order chi connectivity index (χ1) is 6.63. The molecule has 1 aromatic rings. The topological polar surface area (TPSA) is 62.1 Å². The van der Waals surface area contributed by atoms with Gasteiger partial charge in [-0.3, -0.25) is 0 Å². The van der Waals surface area contributed by atoms with E-state index in [9.17, 15) is 8.78 Å². The first kappa shape index (κ1) is 10.2. The van der Waals surface area contributed by atoms with Crippen LogP contribution in [0.25, 0.3) is 0 Å². The first-order valence-corrected chi connectivity index (χ1v) is 3.58. The summed E-state index contributed by atoms with van der Waals surface area (Å²) in [6.07, 6.45) is 1.05. The smallest absolute Gasteiger partial charge is 0.387 e. The monoisotopic (exact) mass is 203 g/mol. The summed E-state index contributed by atoms with van der Waals surface area (Å²) >= 11 is 0. The van der Waals surface area contributed by atoms with Crippen molar-refractivity contribution in [3.05, 3.63) is 23.8 Å². The fraction of sp³-hybridized carbons (Fsp3) is 0.125. The fourth-order valence-corrected chi connectivity index (χ4v) is 0.877. The van der Waals surface area contributed by atoms with Crippen molar-refractivity contribution in [3.8, 4) is 11.5 Å². The zero-order valence-corrected chi connectivity index (χ0v) is 6.89. The molecule has 14 heavy (non-hydrogen) atoms. The number of halogens is 2. The number of hydrogen-bond acceptors (Lipinski definition) is 4. The molecule has 0 aliphatic heterocycles. The van der Waals surface area contributed by atoms with E-state index >= 15 is 0 Å². The second-order valence-corrected chi connectivity index (χ2v) is 2.35. The Hall–Kier alpha value is -1.85. The summed E-state index contributed by atoms with van der Waals surface area (Å²) in [6, 6.07) is 3.65. The summed E-state index contributed by atoms with van der Waals surface area (Å²) in [5, 5.41) is 20.0. The predicted octanol–water partition coefficient (Wildman–Crippen LogP) is 1.80. The van der Waals surface area contributed by atoms with Gasteiger partial charge in [-0.25, -0.2) is 0 Å². The molecule has 0 unspecified atom stereocenters. The number of nitrogens with zero attached hydrogens (tertiary/aromatic N) is 1. The van der Waals surface area contributed by atoms with E-state index < -0.39 is 12.4 Å². The molecule has 0 aliphatic rings. The van der Waals surface area contributed by atoms with Gasteiger partial charge in [-0.2, -0.15) is 8.78 Å². The summed E-state index contributed by atoms with van der Waals surface area (Å²) in [7, 11) is 0. The normalized spacial score (nSPS) is 11.1. The maximum Gasteiger partial charge on any atom is 0.387 e. The molecule has 0 bridgehead atoms. The summed E-state index contributed by atoms with van der Waals surface area (Å²) in [6.45, 7) is -2.99. The molecule has 0 spiro atoms. The predicted molar refractivity (Wildman–Crippen MR) is 44.1 cm³/mol. The van der Waals surface area contributed by atoms with Crippen LogP contribution in [0.3, 0.4) is 0 Å². The van der Waals surface area contributed by atoms with Gasteiger partial charge in [0.05, 0.1) is 6.21 Å². The molecule has 0 amide bonds. The highest BCUT2D eigenvalue weighted by Gasteiger charge is 2.08. The van der Waals surface area contributed by atoms with E-state index in [1.54, 1.807) is 0 Å². The molecule has 76 valence electrons. The van der Waals surface area contributed by atoms with Crippen LogP contribution in [0.4, 0.5) is 8.78 Å².